The fourth-order valence-electron chi connectivity index (χ4n) is 4.43. The number of carbonyl (C=O) groups is 2. The highest BCUT2D eigenvalue weighted by Gasteiger charge is 2.49. The van der Waals surface area contributed by atoms with Crippen molar-refractivity contribution in [3.63, 3.8) is 0 Å². The molecular weight excluding hydrogens is 420 g/mol. The number of hydrogen-bond donors (Lipinski definition) is 1. The molecule has 9 nitrogen and oxygen atoms in total. The molecule has 2 saturated heterocycles. The Labute approximate surface area is 192 Å². The van der Waals surface area contributed by atoms with E-state index in [1.165, 1.54) is 4.90 Å². The molecule has 0 aliphatic carbocycles. The van der Waals surface area contributed by atoms with Gasteiger partial charge in [-0.25, -0.2) is 19.7 Å². The first kappa shape index (κ1) is 21.1. The van der Waals surface area contributed by atoms with Gasteiger partial charge >= 0.3 is 6.03 Å². The first-order valence-corrected chi connectivity index (χ1v) is 10.9. The lowest BCUT2D eigenvalue weighted by atomic mass is 9.90. The first-order chi connectivity index (χ1) is 16.0. The number of nitrogens with zero attached hydrogens (tertiary/aromatic N) is 5. The second kappa shape index (κ2) is 8.32. The maximum absolute atomic E-state index is 13.4. The molecule has 9 heteroatoms. The van der Waals surface area contributed by atoms with Gasteiger partial charge in [0.15, 0.2) is 0 Å². The van der Waals surface area contributed by atoms with Crippen LogP contribution in [0, 0.1) is 0 Å². The van der Waals surface area contributed by atoms with Gasteiger partial charge in [0.05, 0.1) is 13.8 Å². The van der Waals surface area contributed by atoms with E-state index in [9.17, 15) is 9.59 Å². The van der Waals surface area contributed by atoms with E-state index >= 15 is 0 Å². The molecule has 0 bridgehead atoms. The summed E-state index contributed by atoms with van der Waals surface area (Å²) in [5.41, 5.74) is -0.350. The van der Waals surface area contributed by atoms with Crippen molar-refractivity contribution in [1.82, 2.24) is 25.1 Å². The van der Waals surface area contributed by atoms with Crippen LogP contribution >= 0.6 is 0 Å². The van der Waals surface area contributed by atoms with E-state index in [0.29, 0.717) is 19.0 Å². The summed E-state index contributed by atoms with van der Waals surface area (Å²) in [7, 11) is 1.63. The van der Waals surface area contributed by atoms with Crippen LogP contribution in [0.25, 0.3) is 10.8 Å². The third-order valence-electron chi connectivity index (χ3n) is 6.45. The van der Waals surface area contributed by atoms with Crippen molar-refractivity contribution < 1.29 is 14.3 Å². The number of ether oxygens (including phenoxy) is 1. The summed E-state index contributed by atoms with van der Waals surface area (Å²) in [4.78, 5) is 40.3. The average Bonchev–Trinajstić information content (AvgIpc) is 3.08. The molecule has 1 N–H and O–H groups in total. The number of hydrogen-bond acceptors (Lipinski definition) is 7. The Morgan fingerprint density at radius 1 is 1.00 bits per heavy atom. The van der Waals surface area contributed by atoms with Gasteiger partial charge in [0.1, 0.15) is 11.3 Å². The zero-order valence-corrected chi connectivity index (χ0v) is 18.7. The number of rotatable bonds is 5. The number of imide groups is 1. The van der Waals surface area contributed by atoms with Gasteiger partial charge in [-0.3, -0.25) is 9.69 Å². The minimum Gasteiger partial charge on any atom is -0.497 e. The highest BCUT2D eigenvalue weighted by molar-refractivity contribution is 6.07. The summed E-state index contributed by atoms with van der Waals surface area (Å²) in [5.74, 6) is 1.24. The number of carbonyl (C=O) groups excluding carboxylic acids is 2. The Bertz CT molecular complexity index is 1200. The fourth-order valence-corrected chi connectivity index (χ4v) is 4.43. The number of piperazine rings is 1. The van der Waals surface area contributed by atoms with Crippen LogP contribution in [0.2, 0.25) is 0 Å². The molecule has 2 aromatic carbocycles. The molecule has 170 valence electrons. The predicted octanol–water partition coefficient (Wildman–Crippen LogP) is 2.19. The Morgan fingerprint density at radius 2 is 1.70 bits per heavy atom. The summed E-state index contributed by atoms with van der Waals surface area (Å²) in [6.45, 7) is 4.92. The Balaban J connectivity index is 1.29. The summed E-state index contributed by atoms with van der Waals surface area (Å²) in [5, 5.41) is 4.90. The molecule has 5 rings (SSSR count). The van der Waals surface area contributed by atoms with Gasteiger partial charge < -0.3 is 15.0 Å². The van der Waals surface area contributed by atoms with Gasteiger partial charge in [-0.15, -0.1) is 0 Å². The van der Waals surface area contributed by atoms with Gasteiger partial charge in [0.2, 0.25) is 5.95 Å². The average molecular weight is 447 g/mol. The number of anilines is 1. The molecule has 3 aromatic rings. The van der Waals surface area contributed by atoms with E-state index in [0.717, 1.165) is 35.2 Å². The van der Waals surface area contributed by atoms with Crippen molar-refractivity contribution in [3.05, 3.63) is 60.4 Å². The Kier molecular flexibility index (Phi) is 5.33. The third-order valence-corrected chi connectivity index (χ3v) is 6.45. The molecule has 2 fully saturated rings. The molecule has 3 amide bonds. The van der Waals surface area contributed by atoms with Crippen molar-refractivity contribution in [2.45, 2.75) is 12.5 Å². The second-order valence-electron chi connectivity index (χ2n) is 8.51. The van der Waals surface area contributed by atoms with Crippen LogP contribution in [-0.4, -0.2) is 71.7 Å². The van der Waals surface area contributed by atoms with Gasteiger partial charge in [0, 0.05) is 38.6 Å². The summed E-state index contributed by atoms with van der Waals surface area (Å²) >= 11 is 0. The standard InChI is InChI=1S/C24H26N6O3/c1-24(19-6-4-18-15-20(33-2)7-5-17(18)14-19)21(31)30(23(32)27-24)16-28-10-12-29(13-11-28)22-25-8-3-9-26-22/h3-9,14-15H,10-13,16H2,1-2H3,(H,27,32)/t24-/m0/s1. The van der Waals surface area contributed by atoms with E-state index in [1.54, 1.807) is 32.5 Å². The summed E-state index contributed by atoms with van der Waals surface area (Å²) in [6, 6.07) is 13.0. The molecule has 33 heavy (non-hydrogen) atoms. The number of nitrogens with one attached hydrogen (secondary N) is 1. The zero-order chi connectivity index (χ0) is 23.0. The van der Waals surface area contributed by atoms with Crippen molar-refractivity contribution in [2.75, 3.05) is 44.9 Å². The van der Waals surface area contributed by atoms with Gasteiger partial charge in [-0.2, -0.15) is 0 Å². The number of amides is 3. The minimum absolute atomic E-state index is 0.241. The number of fused-ring (bicyclic) bond motifs is 1. The number of benzene rings is 2. The normalized spacial score (nSPS) is 21.5. The monoisotopic (exact) mass is 446 g/mol. The fraction of sp³-hybridized carbons (Fsp3) is 0.333. The smallest absolute Gasteiger partial charge is 0.326 e. The third kappa shape index (κ3) is 3.84. The van der Waals surface area contributed by atoms with Crippen LogP contribution in [0.4, 0.5) is 10.7 Å². The van der Waals surface area contributed by atoms with Crippen LogP contribution in [0.3, 0.4) is 0 Å². The van der Waals surface area contributed by atoms with Crippen LogP contribution in [0.15, 0.2) is 54.9 Å². The maximum Gasteiger partial charge on any atom is 0.326 e. The first-order valence-electron chi connectivity index (χ1n) is 10.9. The van der Waals surface area contributed by atoms with E-state index in [4.69, 9.17) is 4.74 Å². The predicted molar refractivity (Wildman–Crippen MR) is 124 cm³/mol. The van der Waals surface area contributed by atoms with E-state index in [-0.39, 0.29) is 18.6 Å². The highest BCUT2D eigenvalue weighted by atomic mass is 16.5. The highest BCUT2D eigenvalue weighted by Crippen LogP contribution is 2.32. The quantitative estimate of drug-likeness (QED) is 0.601. The Hall–Kier alpha value is -3.72. The molecule has 2 aliphatic heterocycles. The van der Waals surface area contributed by atoms with Gasteiger partial charge in [-0.1, -0.05) is 18.2 Å². The maximum atomic E-state index is 13.4. The largest absolute Gasteiger partial charge is 0.497 e. The van der Waals surface area contributed by atoms with Crippen LogP contribution in [-0.2, 0) is 10.3 Å². The van der Waals surface area contributed by atoms with Crippen LogP contribution < -0.4 is 15.0 Å². The molecule has 0 unspecified atom stereocenters. The second-order valence-corrected chi connectivity index (χ2v) is 8.51. The van der Waals surface area contributed by atoms with Crippen molar-refractivity contribution in [1.29, 1.82) is 0 Å². The lowest BCUT2D eigenvalue weighted by molar-refractivity contribution is -0.132. The van der Waals surface area contributed by atoms with E-state index < -0.39 is 5.54 Å². The van der Waals surface area contributed by atoms with Crippen molar-refractivity contribution >= 4 is 28.7 Å². The number of aromatic nitrogens is 2. The molecule has 0 spiro atoms. The summed E-state index contributed by atoms with van der Waals surface area (Å²) in [6.07, 6.45) is 3.46. The molecule has 0 radical (unpaired) electrons. The summed E-state index contributed by atoms with van der Waals surface area (Å²) < 4.78 is 5.29. The van der Waals surface area contributed by atoms with Gasteiger partial charge in [0.25, 0.3) is 5.91 Å². The number of methoxy groups -OCH3 is 1. The lowest BCUT2D eigenvalue weighted by Gasteiger charge is -2.36. The SMILES string of the molecule is COc1ccc2cc([C@]3(C)NC(=O)N(CN4CCN(c5ncccn5)CC4)C3=O)ccc2c1. The van der Waals surface area contributed by atoms with Crippen molar-refractivity contribution in [3.8, 4) is 5.75 Å². The van der Waals surface area contributed by atoms with Crippen molar-refractivity contribution in [2.24, 2.45) is 0 Å². The molecule has 2 aliphatic rings. The number of urea groups is 1. The molecule has 1 atom stereocenters. The van der Waals surface area contributed by atoms with E-state index in [2.05, 4.69) is 25.1 Å². The molecule has 3 heterocycles. The molecule has 0 saturated carbocycles. The molecule has 1 aromatic heterocycles. The topological polar surface area (TPSA) is 90.9 Å². The van der Waals surface area contributed by atoms with Gasteiger partial charge in [-0.05, 0) is 47.5 Å². The lowest BCUT2D eigenvalue weighted by Crippen LogP contribution is -2.52. The molecular formula is C24H26N6O3. The zero-order valence-electron chi connectivity index (χ0n) is 18.7. The Morgan fingerprint density at radius 3 is 2.42 bits per heavy atom. The van der Waals surface area contributed by atoms with E-state index in [1.807, 2.05) is 36.4 Å². The van der Waals surface area contributed by atoms with Crippen LogP contribution in [0.1, 0.15) is 12.5 Å². The minimum atomic E-state index is -1.11. The van der Waals surface area contributed by atoms with Crippen LogP contribution in [0.5, 0.6) is 5.75 Å².